The van der Waals surface area contributed by atoms with Crippen LogP contribution in [-0.4, -0.2) is 43.9 Å². The van der Waals surface area contributed by atoms with Crippen LogP contribution < -0.4 is 0 Å². The van der Waals surface area contributed by atoms with Crippen LogP contribution in [0.2, 0.25) is 0 Å². The summed E-state index contributed by atoms with van der Waals surface area (Å²) >= 11 is 0. The number of carbonyl (C=O) groups is 1. The standard InChI is InChI=1S/C21H27N5O/c1-5-16(6-2)14-25(7-3)21(27)20-15(4)26(24-23-20)18-10-11-19-17(13-18)9-8-12-22-19/h8-13,16H,5-7,14H2,1-4H3. The first kappa shape index (κ1) is 19.0. The van der Waals surface area contributed by atoms with E-state index in [4.69, 9.17) is 0 Å². The minimum atomic E-state index is -0.0457. The molecule has 0 saturated carbocycles. The number of amides is 1. The third-order valence-corrected chi connectivity index (χ3v) is 5.23. The maximum atomic E-state index is 13.0. The van der Waals surface area contributed by atoms with Crippen molar-refractivity contribution in [2.45, 2.75) is 40.5 Å². The molecule has 142 valence electrons. The van der Waals surface area contributed by atoms with Gasteiger partial charge in [-0.25, -0.2) is 4.68 Å². The smallest absolute Gasteiger partial charge is 0.276 e. The first-order valence-corrected chi connectivity index (χ1v) is 9.65. The highest BCUT2D eigenvalue weighted by molar-refractivity contribution is 5.93. The molecule has 3 rings (SSSR count). The summed E-state index contributed by atoms with van der Waals surface area (Å²) in [5.74, 6) is 0.466. The van der Waals surface area contributed by atoms with Crippen molar-refractivity contribution in [1.82, 2.24) is 24.9 Å². The maximum absolute atomic E-state index is 13.0. The summed E-state index contributed by atoms with van der Waals surface area (Å²) in [7, 11) is 0. The largest absolute Gasteiger partial charge is 0.337 e. The second-order valence-corrected chi connectivity index (χ2v) is 6.84. The predicted molar refractivity (Wildman–Crippen MR) is 107 cm³/mol. The van der Waals surface area contributed by atoms with Crippen molar-refractivity contribution in [3.05, 3.63) is 47.9 Å². The molecule has 0 N–H and O–H groups in total. The zero-order valence-electron chi connectivity index (χ0n) is 16.5. The van der Waals surface area contributed by atoms with E-state index in [0.717, 1.165) is 41.7 Å². The summed E-state index contributed by atoms with van der Waals surface area (Å²) in [6, 6.07) is 9.84. The van der Waals surface area contributed by atoms with Gasteiger partial charge in [0.1, 0.15) is 0 Å². The minimum Gasteiger partial charge on any atom is -0.337 e. The van der Waals surface area contributed by atoms with Gasteiger partial charge in [-0.1, -0.05) is 38.0 Å². The molecule has 0 bridgehead atoms. The number of carbonyl (C=O) groups excluding carboxylic acids is 1. The zero-order chi connectivity index (χ0) is 19.4. The Morgan fingerprint density at radius 2 is 1.96 bits per heavy atom. The molecule has 0 aliphatic carbocycles. The maximum Gasteiger partial charge on any atom is 0.276 e. The lowest BCUT2D eigenvalue weighted by atomic mass is 10.0. The second kappa shape index (κ2) is 8.29. The molecule has 0 aliphatic rings. The van der Waals surface area contributed by atoms with Crippen molar-refractivity contribution in [2.75, 3.05) is 13.1 Å². The average Bonchev–Trinajstić information content (AvgIpc) is 3.09. The highest BCUT2D eigenvalue weighted by Gasteiger charge is 2.23. The van der Waals surface area contributed by atoms with Gasteiger partial charge in [0.25, 0.3) is 5.91 Å². The number of rotatable bonds is 7. The number of pyridine rings is 1. The Balaban J connectivity index is 1.90. The van der Waals surface area contributed by atoms with Gasteiger partial charge in [0.15, 0.2) is 5.69 Å². The molecule has 6 heteroatoms. The molecule has 27 heavy (non-hydrogen) atoms. The molecule has 6 nitrogen and oxygen atoms in total. The Labute approximate surface area is 160 Å². The molecule has 0 aliphatic heterocycles. The summed E-state index contributed by atoms with van der Waals surface area (Å²) in [5.41, 5.74) is 2.99. The fourth-order valence-electron chi connectivity index (χ4n) is 3.33. The SMILES string of the molecule is CCC(CC)CN(CC)C(=O)c1nnn(-c2ccc3ncccc3c2)c1C. The summed E-state index contributed by atoms with van der Waals surface area (Å²) in [5, 5.41) is 9.48. The van der Waals surface area contributed by atoms with Crippen LogP contribution in [-0.2, 0) is 0 Å². The van der Waals surface area contributed by atoms with Crippen molar-refractivity contribution in [2.24, 2.45) is 5.92 Å². The van der Waals surface area contributed by atoms with Crippen molar-refractivity contribution in [1.29, 1.82) is 0 Å². The van der Waals surface area contributed by atoms with Gasteiger partial charge in [0.2, 0.25) is 0 Å². The van der Waals surface area contributed by atoms with Crippen molar-refractivity contribution in [3.8, 4) is 5.69 Å². The van der Waals surface area contributed by atoms with E-state index in [1.54, 1.807) is 10.9 Å². The highest BCUT2D eigenvalue weighted by Crippen LogP contribution is 2.19. The molecular formula is C21H27N5O. The number of benzene rings is 1. The van der Waals surface area contributed by atoms with Gasteiger partial charge in [-0.05, 0) is 44.0 Å². The third-order valence-electron chi connectivity index (χ3n) is 5.23. The summed E-state index contributed by atoms with van der Waals surface area (Å²) in [4.78, 5) is 19.2. The normalized spacial score (nSPS) is 11.3. The van der Waals surface area contributed by atoms with Crippen LogP contribution in [0.5, 0.6) is 0 Å². The molecule has 0 saturated heterocycles. The van der Waals surface area contributed by atoms with E-state index >= 15 is 0 Å². The van der Waals surface area contributed by atoms with Gasteiger partial charge in [-0.15, -0.1) is 5.10 Å². The van der Waals surface area contributed by atoms with Crippen LogP contribution in [0.1, 0.15) is 49.8 Å². The Kier molecular flexibility index (Phi) is 5.84. The molecule has 0 spiro atoms. The first-order valence-electron chi connectivity index (χ1n) is 9.65. The average molecular weight is 365 g/mol. The molecule has 2 aromatic heterocycles. The van der Waals surface area contributed by atoms with Crippen LogP contribution in [0.4, 0.5) is 0 Å². The molecule has 0 fully saturated rings. The number of nitrogens with zero attached hydrogens (tertiary/aromatic N) is 5. The number of fused-ring (bicyclic) bond motifs is 1. The van der Waals surface area contributed by atoms with Gasteiger partial charge in [0.05, 0.1) is 16.9 Å². The molecule has 3 aromatic rings. The molecule has 0 unspecified atom stereocenters. The number of hydrogen-bond donors (Lipinski definition) is 0. The number of hydrogen-bond acceptors (Lipinski definition) is 4. The summed E-state index contributed by atoms with van der Waals surface area (Å²) in [6.07, 6.45) is 3.91. The molecular weight excluding hydrogens is 338 g/mol. The molecule has 2 heterocycles. The van der Waals surface area contributed by atoms with Gasteiger partial charge < -0.3 is 4.90 Å². The zero-order valence-corrected chi connectivity index (χ0v) is 16.5. The summed E-state index contributed by atoms with van der Waals surface area (Å²) < 4.78 is 1.73. The second-order valence-electron chi connectivity index (χ2n) is 6.84. The quantitative estimate of drug-likeness (QED) is 0.634. The Morgan fingerprint density at radius 1 is 1.19 bits per heavy atom. The minimum absolute atomic E-state index is 0.0457. The van der Waals surface area contributed by atoms with Crippen molar-refractivity contribution >= 4 is 16.8 Å². The van der Waals surface area contributed by atoms with E-state index < -0.39 is 0 Å². The van der Waals surface area contributed by atoms with Crippen LogP contribution in [0.25, 0.3) is 16.6 Å². The van der Waals surface area contributed by atoms with E-state index in [1.165, 1.54) is 0 Å². The topological polar surface area (TPSA) is 63.9 Å². The Morgan fingerprint density at radius 3 is 2.67 bits per heavy atom. The van der Waals surface area contributed by atoms with E-state index in [-0.39, 0.29) is 5.91 Å². The van der Waals surface area contributed by atoms with Crippen LogP contribution in [0, 0.1) is 12.8 Å². The van der Waals surface area contributed by atoms with Crippen LogP contribution in [0.15, 0.2) is 36.5 Å². The third kappa shape index (κ3) is 3.84. The molecule has 1 aromatic carbocycles. The van der Waals surface area contributed by atoms with Crippen molar-refractivity contribution in [3.63, 3.8) is 0 Å². The highest BCUT2D eigenvalue weighted by atomic mass is 16.2. The van der Waals surface area contributed by atoms with E-state index in [0.29, 0.717) is 18.2 Å². The molecule has 1 amide bonds. The van der Waals surface area contributed by atoms with E-state index in [9.17, 15) is 4.79 Å². The van der Waals surface area contributed by atoms with Gasteiger partial charge in [-0.3, -0.25) is 9.78 Å². The Hall–Kier alpha value is -2.76. The number of aromatic nitrogens is 4. The fourth-order valence-corrected chi connectivity index (χ4v) is 3.33. The Bertz CT molecular complexity index is 929. The van der Waals surface area contributed by atoms with Gasteiger partial charge in [-0.2, -0.15) is 0 Å². The van der Waals surface area contributed by atoms with Crippen molar-refractivity contribution < 1.29 is 4.79 Å². The lowest BCUT2D eigenvalue weighted by molar-refractivity contribution is 0.0728. The van der Waals surface area contributed by atoms with Gasteiger partial charge in [0, 0.05) is 24.7 Å². The molecule has 0 atom stereocenters. The lowest BCUT2D eigenvalue weighted by Crippen LogP contribution is -2.35. The fraction of sp³-hybridized carbons (Fsp3) is 0.429. The predicted octanol–water partition coefficient (Wildman–Crippen LogP) is 4.02. The molecule has 0 radical (unpaired) electrons. The first-order chi connectivity index (χ1) is 13.1. The monoisotopic (exact) mass is 365 g/mol. The lowest BCUT2D eigenvalue weighted by Gasteiger charge is -2.24. The summed E-state index contributed by atoms with van der Waals surface area (Å²) in [6.45, 7) is 9.67. The van der Waals surface area contributed by atoms with E-state index in [1.807, 2.05) is 49.1 Å². The van der Waals surface area contributed by atoms with Crippen LogP contribution >= 0.6 is 0 Å². The van der Waals surface area contributed by atoms with E-state index in [2.05, 4.69) is 29.1 Å². The van der Waals surface area contributed by atoms with Crippen LogP contribution in [0.3, 0.4) is 0 Å². The van der Waals surface area contributed by atoms with Gasteiger partial charge >= 0.3 is 0 Å².